The molecule has 0 radical (unpaired) electrons. The molecule has 3 saturated carbocycles. The maximum atomic E-state index is 12.9. The topological polar surface area (TPSA) is 60.4 Å². The van der Waals surface area contributed by atoms with Gasteiger partial charge in [0.2, 0.25) is 0 Å². The summed E-state index contributed by atoms with van der Waals surface area (Å²) < 4.78 is 5.26. The first-order chi connectivity index (χ1) is 13.7. The van der Waals surface area contributed by atoms with Crippen LogP contribution >= 0.6 is 0 Å². The van der Waals surface area contributed by atoms with Crippen molar-refractivity contribution in [1.82, 2.24) is 0 Å². The van der Waals surface area contributed by atoms with Crippen LogP contribution in [0.4, 0.5) is 0 Å². The second-order valence-electron chi connectivity index (χ2n) is 10.7. The molecule has 0 aromatic carbocycles. The van der Waals surface area contributed by atoms with E-state index in [1.54, 1.807) is 0 Å². The Balaban J connectivity index is 1.63. The number of carbonyl (C=O) groups is 3. The smallest absolute Gasteiger partial charge is 0.309 e. The lowest BCUT2D eigenvalue weighted by atomic mass is 9.47. The molecule has 156 valence electrons. The molecule has 5 aliphatic rings. The summed E-state index contributed by atoms with van der Waals surface area (Å²) >= 11 is 0. The third kappa shape index (κ3) is 2.41. The van der Waals surface area contributed by atoms with Crippen LogP contribution in [-0.2, 0) is 19.1 Å². The van der Waals surface area contributed by atoms with Gasteiger partial charge in [0.25, 0.3) is 0 Å². The van der Waals surface area contributed by atoms with E-state index < -0.39 is 0 Å². The van der Waals surface area contributed by atoms with Crippen LogP contribution in [0.5, 0.6) is 0 Å². The summed E-state index contributed by atoms with van der Waals surface area (Å²) in [6.45, 7) is 4.67. The Kier molecular flexibility index (Phi) is 4.09. The number of methoxy groups -OCH3 is 1. The summed E-state index contributed by atoms with van der Waals surface area (Å²) in [6, 6.07) is 0. The van der Waals surface area contributed by atoms with Crippen molar-refractivity contribution in [3.63, 3.8) is 0 Å². The van der Waals surface area contributed by atoms with Crippen molar-refractivity contribution in [3.05, 3.63) is 23.3 Å². The Morgan fingerprint density at radius 2 is 1.93 bits per heavy atom. The summed E-state index contributed by atoms with van der Waals surface area (Å²) in [7, 11) is 1.48. The number of allylic oxidation sites excluding steroid dienone is 4. The fourth-order valence-electron chi connectivity index (χ4n) is 8.09. The monoisotopic (exact) mass is 396 g/mol. The first kappa shape index (κ1) is 19.3. The lowest BCUT2D eigenvalue weighted by Gasteiger charge is -2.57. The molecule has 29 heavy (non-hydrogen) atoms. The molecule has 0 amide bonds. The van der Waals surface area contributed by atoms with Gasteiger partial charge in [0.1, 0.15) is 5.78 Å². The summed E-state index contributed by atoms with van der Waals surface area (Å²) in [5.41, 5.74) is 2.57. The van der Waals surface area contributed by atoms with Crippen molar-refractivity contribution in [1.29, 1.82) is 0 Å². The Morgan fingerprint density at radius 1 is 1.14 bits per heavy atom. The quantitative estimate of drug-likeness (QED) is 0.481. The van der Waals surface area contributed by atoms with E-state index >= 15 is 0 Å². The highest BCUT2D eigenvalue weighted by atomic mass is 16.5. The van der Waals surface area contributed by atoms with Gasteiger partial charge in [-0.25, -0.2) is 0 Å². The minimum absolute atomic E-state index is 0.0711. The Hall–Kier alpha value is -1.71. The van der Waals surface area contributed by atoms with Crippen molar-refractivity contribution in [2.45, 2.75) is 71.6 Å². The van der Waals surface area contributed by atoms with Gasteiger partial charge < -0.3 is 4.74 Å². The van der Waals surface area contributed by atoms with Gasteiger partial charge in [-0.3, -0.25) is 14.4 Å². The maximum absolute atomic E-state index is 12.9. The first-order valence-electron chi connectivity index (χ1n) is 11.3. The Labute approximate surface area is 173 Å². The fourth-order valence-corrected chi connectivity index (χ4v) is 8.09. The van der Waals surface area contributed by atoms with Crippen molar-refractivity contribution in [3.8, 4) is 0 Å². The zero-order valence-electron chi connectivity index (χ0n) is 17.9. The van der Waals surface area contributed by atoms with Crippen LogP contribution in [0.2, 0.25) is 0 Å². The number of ketones is 2. The number of carbonyl (C=O) groups excluding carboxylic acids is 3. The highest BCUT2D eigenvalue weighted by Crippen LogP contribution is 2.72. The highest BCUT2D eigenvalue weighted by Gasteiger charge is 2.65. The Bertz CT molecular complexity index is 866. The molecule has 0 saturated heterocycles. The van der Waals surface area contributed by atoms with Gasteiger partial charge in [-0.15, -0.1) is 0 Å². The molecule has 1 spiro atoms. The first-order valence-corrected chi connectivity index (χ1v) is 11.3. The SMILES string of the molecule is COC(=O)[C@@H]1CC2=CC(=O)CCC2(C)C2=CCC3(C)C(CC[C@@]34CCC(=O)C4)C21. The molecular formula is C25H32O4. The average Bonchev–Trinajstić information content (AvgIpc) is 3.22. The zero-order valence-corrected chi connectivity index (χ0v) is 17.9. The molecule has 0 aliphatic heterocycles. The van der Waals surface area contributed by atoms with Crippen molar-refractivity contribution < 1.29 is 19.1 Å². The third-order valence-corrected chi connectivity index (χ3v) is 9.85. The van der Waals surface area contributed by atoms with E-state index in [0.29, 0.717) is 24.5 Å². The van der Waals surface area contributed by atoms with Crippen molar-refractivity contribution >= 4 is 17.5 Å². The van der Waals surface area contributed by atoms with Crippen LogP contribution in [0, 0.1) is 34.0 Å². The third-order valence-electron chi connectivity index (χ3n) is 9.85. The molecule has 4 unspecified atom stereocenters. The van der Waals surface area contributed by atoms with Gasteiger partial charge in [-0.1, -0.05) is 31.1 Å². The number of rotatable bonds is 1. The molecule has 4 nitrogen and oxygen atoms in total. The van der Waals surface area contributed by atoms with Gasteiger partial charge in [0.05, 0.1) is 13.0 Å². The van der Waals surface area contributed by atoms with Crippen LogP contribution < -0.4 is 0 Å². The summed E-state index contributed by atoms with van der Waals surface area (Å²) in [5.74, 6) is 0.825. The lowest BCUT2D eigenvalue weighted by Crippen LogP contribution is -2.51. The van der Waals surface area contributed by atoms with E-state index in [4.69, 9.17) is 4.74 Å². The fraction of sp³-hybridized carbons (Fsp3) is 0.720. The highest BCUT2D eigenvalue weighted by molar-refractivity contribution is 5.92. The minimum Gasteiger partial charge on any atom is -0.469 e. The van der Waals surface area contributed by atoms with Crippen molar-refractivity contribution in [2.24, 2.45) is 34.0 Å². The van der Waals surface area contributed by atoms with Gasteiger partial charge >= 0.3 is 5.97 Å². The Morgan fingerprint density at radius 3 is 2.62 bits per heavy atom. The van der Waals surface area contributed by atoms with E-state index in [1.807, 2.05) is 6.08 Å². The molecule has 4 heteroatoms. The predicted octanol–water partition coefficient (Wildman–Crippen LogP) is 4.58. The number of esters is 1. The van der Waals surface area contributed by atoms with E-state index in [9.17, 15) is 14.4 Å². The largest absolute Gasteiger partial charge is 0.469 e. The summed E-state index contributed by atoms with van der Waals surface area (Å²) in [6.07, 6.45) is 11.9. The van der Waals surface area contributed by atoms with E-state index in [2.05, 4.69) is 19.9 Å². The molecule has 0 aromatic rings. The van der Waals surface area contributed by atoms with Gasteiger partial charge in [-0.05, 0) is 67.3 Å². The van der Waals surface area contributed by atoms with Crippen LogP contribution in [0.15, 0.2) is 23.3 Å². The number of fused-ring (bicyclic) bond motifs is 6. The van der Waals surface area contributed by atoms with Crippen molar-refractivity contribution in [2.75, 3.05) is 7.11 Å². The van der Waals surface area contributed by atoms with E-state index in [-0.39, 0.29) is 39.8 Å². The molecule has 5 rings (SSSR count). The number of Topliss-reactive ketones (excluding diaryl/α,β-unsaturated/α-hetero) is 1. The van der Waals surface area contributed by atoms with E-state index in [0.717, 1.165) is 50.5 Å². The summed E-state index contributed by atoms with van der Waals surface area (Å²) in [4.78, 5) is 37.3. The average molecular weight is 397 g/mol. The minimum atomic E-state index is -0.214. The standard InChI is InChI=1S/C25H32O4/c1-23-8-4-16(26)12-15(23)13-18(22(28)29-3)21-19(23)6-9-24(2)20(21)7-11-25(24)10-5-17(27)14-25/h6,12,18,20-21H,4-5,7-11,13-14H2,1-3H3/t18-,20?,21?,23?,24?,25-/m1/s1. The van der Waals surface area contributed by atoms with Crippen LogP contribution in [0.25, 0.3) is 0 Å². The molecule has 0 aromatic heterocycles. The lowest BCUT2D eigenvalue weighted by molar-refractivity contribution is -0.150. The molecule has 0 heterocycles. The number of ether oxygens (including phenoxy) is 1. The molecular weight excluding hydrogens is 364 g/mol. The molecule has 0 bridgehead atoms. The predicted molar refractivity (Wildman–Crippen MR) is 109 cm³/mol. The maximum Gasteiger partial charge on any atom is 0.309 e. The number of hydrogen-bond donors (Lipinski definition) is 0. The van der Waals surface area contributed by atoms with Gasteiger partial charge in [-0.2, -0.15) is 0 Å². The molecule has 3 fully saturated rings. The van der Waals surface area contributed by atoms with E-state index in [1.165, 1.54) is 12.7 Å². The molecule has 0 N–H and O–H groups in total. The van der Waals surface area contributed by atoms with Crippen LogP contribution in [0.1, 0.15) is 71.6 Å². The summed E-state index contributed by atoms with van der Waals surface area (Å²) in [5, 5.41) is 0. The number of hydrogen-bond acceptors (Lipinski definition) is 4. The molecule has 6 atom stereocenters. The van der Waals surface area contributed by atoms with Gasteiger partial charge in [0.15, 0.2) is 5.78 Å². The van der Waals surface area contributed by atoms with Crippen LogP contribution in [-0.4, -0.2) is 24.6 Å². The molecule has 5 aliphatic carbocycles. The normalized spacial score (nSPS) is 46.0. The van der Waals surface area contributed by atoms with Crippen LogP contribution in [0.3, 0.4) is 0 Å². The zero-order chi connectivity index (χ0) is 20.6. The second-order valence-corrected chi connectivity index (χ2v) is 10.7. The van der Waals surface area contributed by atoms with Gasteiger partial charge in [0, 0.05) is 24.7 Å². The second kappa shape index (κ2) is 6.15.